The van der Waals surface area contributed by atoms with Crippen LogP contribution in [0.2, 0.25) is 5.02 Å². The van der Waals surface area contributed by atoms with Gasteiger partial charge in [0.25, 0.3) is 0 Å². The highest BCUT2D eigenvalue weighted by Crippen LogP contribution is 2.18. The first-order valence-corrected chi connectivity index (χ1v) is 5.93. The zero-order valence-corrected chi connectivity index (χ0v) is 10.4. The highest BCUT2D eigenvalue weighted by molar-refractivity contribution is 6.30. The van der Waals surface area contributed by atoms with Crippen molar-refractivity contribution in [3.05, 3.63) is 34.6 Å². The van der Waals surface area contributed by atoms with Crippen LogP contribution < -0.4 is 0 Å². The molecule has 0 radical (unpaired) electrons. The van der Waals surface area contributed by atoms with Crippen LogP contribution in [0.4, 0.5) is 4.39 Å². The molecular formula is C12H13ClFNO3. The minimum Gasteiger partial charge on any atom is -0.480 e. The molecule has 2 rings (SSSR count). The summed E-state index contributed by atoms with van der Waals surface area (Å²) in [6.45, 7) is 1.48. The summed E-state index contributed by atoms with van der Waals surface area (Å²) < 4.78 is 18.3. The van der Waals surface area contributed by atoms with Crippen molar-refractivity contribution in [3.8, 4) is 0 Å². The second-order valence-electron chi connectivity index (χ2n) is 4.18. The lowest BCUT2D eigenvalue weighted by molar-refractivity contribution is -0.150. The monoisotopic (exact) mass is 273 g/mol. The van der Waals surface area contributed by atoms with Crippen LogP contribution in [-0.2, 0) is 16.1 Å². The number of rotatable bonds is 3. The first kappa shape index (κ1) is 13.3. The fraction of sp³-hybridized carbons (Fsp3) is 0.417. The van der Waals surface area contributed by atoms with E-state index in [1.807, 2.05) is 0 Å². The second-order valence-corrected chi connectivity index (χ2v) is 4.61. The normalized spacial score (nSPS) is 20.9. The number of carbonyl (C=O) groups is 1. The van der Waals surface area contributed by atoms with Gasteiger partial charge in [0, 0.05) is 18.1 Å². The molecule has 1 aliphatic heterocycles. The van der Waals surface area contributed by atoms with Crippen molar-refractivity contribution >= 4 is 17.6 Å². The molecule has 1 aromatic rings. The summed E-state index contributed by atoms with van der Waals surface area (Å²) in [5, 5.41) is 9.38. The first-order chi connectivity index (χ1) is 8.56. The van der Waals surface area contributed by atoms with Crippen LogP contribution in [0.5, 0.6) is 0 Å². The Balaban J connectivity index is 2.13. The van der Waals surface area contributed by atoms with Gasteiger partial charge >= 0.3 is 5.97 Å². The molecule has 1 aliphatic rings. The zero-order chi connectivity index (χ0) is 13.1. The number of benzene rings is 1. The molecule has 0 spiro atoms. The van der Waals surface area contributed by atoms with Gasteiger partial charge in [-0.3, -0.25) is 9.69 Å². The molecule has 6 heteroatoms. The van der Waals surface area contributed by atoms with E-state index in [0.717, 1.165) is 0 Å². The van der Waals surface area contributed by atoms with E-state index < -0.39 is 17.8 Å². The van der Waals surface area contributed by atoms with E-state index in [-0.39, 0.29) is 6.61 Å². The van der Waals surface area contributed by atoms with E-state index in [0.29, 0.717) is 30.3 Å². The number of nitrogens with zero attached hydrogens (tertiary/aromatic N) is 1. The number of ether oxygens (including phenoxy) is 1. The van der Waals surface area contributed by atoms with Crippen molar-refractivity contribution in [3.63, 3.8) is 0 Å². The van der Waals surface area contributed by atoms with Gasteiger partial charge in [-0.05, 0) is 23.8 Å². The summed E-state index contributed by atoms with van der Waals surface area (Å²) in [6.07, 6.45) is 0. The summed E-state index contributed by atoms with van der Waals surface area (Å²) in [7, 11) is 0. The SMILES string of the molecule is O=C(O)C1COCCN1Cc1cc(F)cc(Cl)c1. The summed E-state index contributed by atoms with van der Waals surface area (Å²) in [5.41, 5.74) is 0.660. The molecule has 18 heavy (non-hydrogen) atoms. The Bertz CT molecular complexity index is 435. The molecule has 1 unspecified atom stereocenters. The molecule has 0 amide bonds. The topological polar surface area (TPSA) is 49.8 Å². The Hall–Kier alpha value is -1.17. The molecule has 1 fully saturated rings. The maximum absolute atomic E-state index is 13.2. The van der Waals surface area contributed by atoms with Gasteiger partial charge in [0.1, 0.15) is 11.9 Å². The third kappa shape index (κ3) is 3.19. The number of carboxylic acid groups (broad SMARTS) is 1. The van der Waals surface area contributed by atoms with Crippen LogP contribution in [0.15, 0.2) is 18.2 Å². The predicted octanol–water partition coefficient (Wildman–Crippen LogP) is 1.76. The van der Waals surface area contributed by atoms with Crippen molar-refractivity contribution < 1.29 is 19.0 Å². The van der Waals surface area contributed by atoms with Crippen molar-refractivity contribution in [2.75, 3.05) is 19.8 Å². The Morgan fingerprint density at radius 2 is 2.33 bits per heavy atom. The Morgan fingerprint density at radius 1 is 1.56 bits per heavy atom. The smallest absolute Gasteiger partial charge is 0.323 e. The first-order valence-electron chi connectivity index (χ1n) is 5.56. The molecule has 0 aliphatic carbocycles. The number of aliphatic carboxylic acids is 1. The molecule has 1 aromatic carbocycles. The quantitative estimate of drug-likeness (QED) is 0.912. The molecule has 1 heterocycles. The van der Waals surface area contributed by atoms with Gasteiger partial charge in [-0.2, -0.15) is 0 Å². The van der Waals surface area contributed by atoms with Crippen LogP contribution in [0, 0.1) is 5.82 Å². The van der Waals surface area contributed by atoms with Gasteiger partial charge in [0.05, 0.1) is 13.2 Å². The van der Waals surface area contributed by atoms with Gasteiger partial charge < -0.3 is 9.84 Å². The Labute approximate surface area is 109 Å². The zero-order valence-electron chi connectivity index (χ0n) is 9.60. The lowest BCUT2D eigenvalue weighted by Crippen LogP contribution is -2.49. The Kier molecular flexibility index (Phi) is 4.16. The number of hydrogen-bond donors (Lipinski definition) is 1. The number of morpholine rings is 1. The molecule has 0 bridgehead atoms. The minimum absolute atomic E-state index is 0.151. The summed E-state index contributed by atoms with van der Waals surface area (Å²) >= 11 is 5.77. The molecular weight excluding hydrogens is 261 g/mol. The maximum Gasteiger partial charge on any atom is 0.323 e. The third-order valence-electron chi connectivity index (χ3n) is 2.83. The van der Waals surface area contributed by atoms with E-state index in [4.69, 9.17) is 21.4 Å². The summed E-state index contributed by atoms with van der Waals surface area (Å²) in [5.74, 6) is -1.35. The molecule has 1 saturated heterocycles. The number of hydrogen-bond acceptors (Lipinski definition) is 3. The van der Waals surface area contributed by atoms with Gasteiger partial charge in [-0.25, -0.2) is 4.39 Å². The van der Waals surface area contributed by atoms with E-state index in [9.17, 15) is 9.18 Å². The van der Waals surface area contributed by atoms with E-state index in [1.54, 1.807) is 11.0 Å². The summed E-state index contributed by atoms with van der Waals surface area (Å²) in [4.78, 5) is 12.8. The maximum atomic E-state index is 13.2. The van der Waals surface area contributed by atoms with Crippen molar-refractivity contribution in [1.29, 1.82) is 0 Å². The van der Waals surface area contributed by atoms with Gasteiger partial charge in [0.2, 0.25) is 0 Å². The highest BCUT2D eigenvalue weighted by Gasteiger charge is 2.29. The molecule has 0 aromatic heterocycles. The molecule has 4 nitrogen and oxygen atoms in total. The lowest BCUT2D eigenvalue weighted by atomic mass is 10.1. The van der Waals surface area contributed by atoms with Crippen molar-refractivity contribution in [1.82, 2.24) is 4.90 Å². The lowest BCUT2D eigenvalue weighted by Gasteiger charge is -2.32. The summed E-state index contributed by atoms with van der Waals surface area (Å²) in [6, 6.07) is 3.53. The standard InChI is InChI=1S/C12H13ClFNO3/c13-9-3-8(4-10(14)5-9)6-15-1-2-18-7-11(15)12(16)17/h3-5,11H,1-2,6-7H2,(H,16,17). The van der Waals surface area contributed by atoms with Crippen LogP contribution >= 0.6 is 11.6 Å². The molecule has 98 valence electrons. The molecule has 1 N–H and O–H groups in total. The Morgan fingerprint density at radius 3 is 3.00 bits per heavy atom. The van der Waals surface area contributed by atoms with Gasteiger partial charge in [-0.1, -0.05) is 11.6 Å². The largest absolute Gasteiger partial charge is 0.480 e. The molecule has 0 saturated carbocycles. The van der Waals surface area contributed by atoms with E-state index in [2.05, 4.69) is 0 Å². The van der Waals surface area contributed by atoms with Crippen LogP contribution in [0.25, 0.3) is 0 Å². The van der Waals surface area contributed by atoms with Crippen LogP contribution in [0.3, 0.4) is 0 Å². The number of carboxylic acids is 1. The van der Waals surface area contributed by atoms with Crippen LogP contribution in [-0.4, -0.2) is 41.8 Å². The average Bonchev–Trinajstić information content (AvgIpc) is 2.27. The van der Waals surface area contributed by atoms with Gasteiger partial charge in [0.15, 0.2) is 0 Å². The molecule has 1 atom stereocenters. The number of halogens is 2. The third-order valence-corrected chi connectivity index (χ3v) is 3.05. The van der Waals surface area contributed by atoms with Crippen molar-refractivity contribution in [2.45, 2.75) is 12.6 Å². The van der Waals surface area contributed by atoms with Crippen molar-refractivity contribution in [2.24, 2.45) is 0 Å². The van der Waals surface area contributed by atoms with Gasteiger partial charge in [-0.15, -0.1) is 0 Å². The van der Waals surface area contributed by atoms with E-state index in [1.165, 1.54) is 12.1 Å². The highest BCUT2D eigenvalue weighted by atomic mass is 35.5. The minimum atomic E-state index is -0.933. The van der Waals surface area contributed by atoms with E-state index >= 15 is 0 Å². The predicted molar refractivity (Wildman–Crippen MR) is 64.1 cm³/mol. The fourth-order valence-electron chi connectivity index (χ4n) is 1.99. The second kappa shape index (κ2) is 5.65. The average molecular weight is 274 g/mol. The fourth-order valence-corrected chi connectivity index (χ4v) is 2.24. The van der Waals surface area contributed by atoms with Crippen LogP contribution in [0.1, 0.15) is 5.56 Å².